The fourth-order valence-corrected chi connectivity index (χ4v) is 3.18. The molecular weight excluding hydrogens is 391 g/mol. The Hall–Kier alpha value is -3.11. The van der Waals surface area contributed by atoms with Gasteiger partial charge in [-0.25, -0.2) is 12.8 Å². The summed E-state index contributed by atoms with van der Waals surface area (Å²) in [6, 6.07) is 12.0. The van der Waals surface area contributed by atoms with Gasteiger partial charge in [-0.05, 0) is 36.4 Å². The van der Waals surface area contributed by atoms with Gasteiger partial charge < -0.3 is 4.74 Å². The van der Waals surface area contributed by atoms with E-state index in [2.05, 4.69) is 0 Å². The van der Waals surface area contributed by atoms with E-state index in [1.807, 2.05) is 5.32 Å². The molecule has 0 bridgehead atoms. The third-order valence-corrected chi connectivity index (χ3v) is 5.34. The summed E-state index contributed by atoms with van der Waals surface area (Å²) in [4.78, 5) is 35.1. The van der Waals surface area contributed by atoms with Crippen LogP contribution in [0.5, 0.6) is 0 Å². The zero-order chi connectivity index (χ0) is 20.7. The second kappa shape index (κ2) is 9.20. The van der Waals surface area contributed by atoms with Crippen LogP contribution in [0.15, 0.2) is 59.5 Å². The van der Waals surface area contributed by atoms with Crippen LogP contribution >= 0.6 is 0 Å². The Bertz CT molecular complexity index is 961. The molecule has 2 aromatic rings. The molecule has 0 radical (unpaired) electrons. The molecule has 1 N–H and O–H groups in total. The van der Waals surface area contributed by atoms with Crippen LogP contribution in [-0.4, -0.2) is 50.7 Å². The lowest BCUT2D eigenvalue weighted by Crippen LogP contribution is -2.37. The topological polar surface area (TPSA) is 110 Å². The minimum Gasteiger partial charge on any atom is -0.455 e. The van der Waals surface area contributed by atoms with Gasteiger partial charge in [-0.1, -0.05) is 18.2 Å². The maximum atomic E-state index is 12.9. The largest absolute Gasteiger partial charge is 0.455 e. The molecule has 28 heavy (non-hydrogen) atoms. The first-order valence-electron chi connectivity index (χ1n) is 7.97. The molecule has 0 saturated carbocycles. The van der Waals surface area contributed by atoms with Crippen LogP contribution in [0, 0.1) is 5.82 Å². The number of nitrogens with zero attached hydrogens (tertiary/aromatic N) is 1. The SMILES string of the molecule is CN(CC(=O)OCC(=O)NC(=O)c1ccccc1)S(=O)(=O)c1ccc(F)cc1. The Morgan fingerprint density at radius 2 is 1.64 bits per heavy atom. The van der Waals surface area contributed by atoms with Gasteiger partial charge in [0.15, 0.2) is 6.61 Å². The van der Waals surface area contributed by atoms with E-state index in [0.717, 1.165) is 31.3 Å². The smallest absolute Gasteiger partial charge is 0.321 e. The number of sulfonamides is 1. The van der Waals surface area contributed by atoms with Gasteiger partial charge in [0, 0.05) is 12.6 Å². The highest BCUT2D eigenvalue weighted by Crippen LogP contribution is 2.14. The van der Waals surface area contributed by atoms with Gasteiger partial charge >= 0.3 is 5.97 Å². The summed E-state index contributed by atoms with van der Waals surface area (Å²) in [5.41, 5.74) is 0.257. The molecule has 2 amide bonds. The second-order valence-corrected chi connectivity index (χ2v) is 7.66. The number of imide groups is 1. The van der Waals surface area contributed by atoms with Crippen molar-refractivity contribution >= 4 is 27.8 Å². The lowest BCUT2D eigenvalue weighted by Gasteiger charge is -2.16. The van der Waals surface area contributed by atoms with Crippen LogP contribution in [0.3, 0.4) is 0 Å². The minimum atomic E-state index is -4.03. The number of ether oxygens (including phenoxy) is 1. The summed E-state index contributed by atoms with van der Waals surface area (Å²) in [6.07, 6.45) is 0. The van der Waals surface area contributed by atoms with Crippen LogP contribution in [0.4, 0.5) is 4.39 Å². The number of benzene rings is 2. The Balaban J connectivity index is 1.85. The van der Waals surface area contributed by atoms with Crippen molar-refractivity contribution in [3.63, 3.8) is 0 Å². The lowest BCUT2D eigenvalue weighted by atomic mass is 10.2. The first-order chi connectivity index (χ1) is 13.2. The molecule has 0 heterocycles. The molecule has 0 spiro atoms. The zero-order valence-corrected chi connectivity index (χ0v) is 15.6. The molecular formula is C18H17FN2O6S. The van der Waals surface area contributed by atoms with Gasteiger partial charge in [-0.15, -0.1) is 0 Å². The van der Waals surface area contributed by atoms with E-state index < -0.39 is 46.8 Å². The third-order valence-electron chi connectivity index (χ3n) is 3.53. The summed E-state index contributed by atoms with van der Waals surface area (Å²) in [6.45, 7) is -1.42. The molecule has 0 unspecified atom stereocenters. The number of hydrogen-bond acceptors (Lipinski definition) is 6. The van der Waals surface area contributed by atoms with Crippen molar-refractivity contribution < 1.29 is 31.9 Å². The number of halogens is 1. The summed E-state index contributed by atoms with van der Waals surface area (Å²) in [5, 5.41) is 2.04. The van der Waals surface area contributed by atoms with Crippen LogP contribution in [0.2, 0.25) is 0 Å². The third kappa shape index (κ3) is 5.69. The molecule has 8 nitrogen and oxygen atoms in total. The van der Waals surface area contributed by atoms with Gasteiger partial charge in [-0.3, -0.25) is 19.7 Å². The minimum absolute atomic E-state index is 0.199. The number of carbonyl (C=O) groups is 3. The Kier molecular flexibility index (Phi) is 6.96. The van der Waals surface area contributed by atoms with Gasteiger partial charge in [0.2, 0.25) is 10.0 Å². The normalized spacial score (nSPS) is 11.1. The molecule has 0 aliphatic heterocycles. The molecule has 2 aromatic carbocycles. The molecule has 0 aliphatic rings. The number of esters is 1. The zero-order valence-electron chi connectivity index (χ0n) is 14.8. The van der Waals surface area contributed by atoms with E-state index in [-0.39, 0.29) is 10.5 Å². The first-order valence-corrected chi connectivity index (χ1v) is 9.41. The summed E-state index contributed by atoms with van der Waals surface area (Å²) in [5.74, 6) is -3.10. The van der Waals surface area contributed by atoms with Crippen molar-refractivity contribution in [1.29, 1.82) is 0 Å². The highest BCUT2D eigenvalue weighted by Gasteiger charge is 2.24. The van der Waals surface area contributed by atoms with E-state index in [9.17, 15) is 27.2 Å². The Morgan fingerprint density at radius 3 is 2.25 bits per heavy atom. The van der Waals surface area contributed by atoms with Crippen LogP contribution in [-0.2, 0) is 24.3 Å². The monoisotopic (exact) mass is 408 g/mol. The van der Waals surface area contributed by atoms with Gasteiger partial charge in [0.1, 0.15) is 12.4 Å². The van der Waals surface area contributed by atoms with E-state index in [0.29, 0.717) is 4.31 Å². The Labute approximate surface area is 161 Å². The second-order valence-electron chi connectivity index (χ2n) is 5.62. The van der Waals surface area contributed by atoms with Crippen molar-refractivity contribution in [2.45, 2.75) is 4.90 Å². The fourth-order valence-electron chi connectivity index (χ4n) is 2.07. The molecule has 0 aromatic heterocycles. The first kappa shape index (κ1) is 21.2. The summed E-state index contributed by atoms with van der Waals surface area (Å²) >= 11 is 0. The predicted octanol–water partition coefficient (Wildman–Crippen LogP) is 0.946. The van der Waals surface area contributed by atoms with Crippen LogP contribution < -0.4 is 5.32 Å². The maximum Gasteiger partial charge on any atom is 0.321 e. The van der Waals surface area contributed by atoms with E-state index in [4.69, 9.17) is 4.74 Å². The summed E-state index contributed by atoms with van der Waals surface area (Å²) < 4.78 is 42.9. The maximum absolute atomic E-state index is 12.9. The van der Waals surface area contributed by atoms with Crippen molar-refractivity contribution in [3.8, 4) is 0 Å². The number of hydrogen-bond donors (Lipinski definition) is 1. The number of carbonyl (C=O) groups excluding carboxylic acids is 3. The molecule has 10 heteroatoms. The number of nitrogens with one attached hydrogen (secondary N) is 1. The van der Waals surface area contributed by atoms with Crippen LogP contribution in [0.25, 0.3) is 0 Å². The summed E-state index contributed by atoms with van der Waals surface area (Å²) in [7, 11) is -2.90. The average Bonchev–Trinajstić information content (AvgIpc) is 2.67. The highest BCUT2D eigenvalue weighted by atomic mass is 32.2. The standard InChI is InChI=1S/C18H17FN2O6S/c1-21(28(25,26)15-9-7-14(19)8-10-15)11-17(23)27-12-16(22)20-18(24)13-5-3-2-4-6-13/h2-10H,11-12H2,1H3,(H,20,22,24). The predicted molar refractivity (Wildman–Crippen MR) is 96.1 cm³/mol. The molecule has 0 atom stereocenters. The van der Waals surface area contributed by atoms with Gasteiger partial charge in [0.25, 0.3) is 11.8 Å². The molecule has 0 aliphatic carbocycles. The van der Waals surface area contributed by atoms with Crippen molar-refractivity contribution in [2.24, 2.45) is 0 Å². The van der Waals surface area contributed by atoms with Crippen molar-refractivity contribution in [2.75, 3.05) is 20.2 Å². The molecule has 2 rings (SSSR count). The quantitative estimate of drug-likeness (QED) is 0.683. The van der Waals surface area contributed by atoms with E-state index >= 15 is 0 Å². The molecule has 0 saturated heterocycles. The average molecular weight is 408 g/mol. The number of amides is 2. The van der Waals surface area contributed by atoms with Gasteiger partial charge in [0.05, 0.1) is 4.90 Å². The highest BCUT2D eigenvalue weighted by molar-refractivity contribution is 7.89. The number of rotatable bonds is 7. The van der Waals surface area contributed by atoms with Crippen molar-refractivity contribution in [3.05, 3.63) is 66.0 Å². The van der Waals surface area contributed by atoms with E-state index in [1.54, 1.807) is 18.2 Å². The fraction of sp³-hybridized carbons (Fsp3) is 0.167. The number of likely N-dealkylation sites (N-methyl/N-ethyl adjacent to an activating group) is 1. The molecule has 0 fully saturated rings. The van der Waals surface area contributed by atoms with Crippen LogP contribution in [0.1, 0.15) is 10.4 Å². The van der Waals surface area contributed by atoms with Gasteiger partial charge in [-0.2, -0.15) is 4.31 Å². The van der Waals surface area contributed by atoms with Crippen molar-refractivity contribution in [1.82, 2.24) is 9.62 Å². The lowest BCUT2D eigenvalue weighted by molar-refractivity contribution is -0.148. The molecule has 148 valence electrons. The van der Waals surface area contributed by atoms with E-state index in [1.165, 1.54) is 12.1 Å². The Morgan fingerprint density at radius 1 is 1.04 bits per heavy atom.